The number of hydrogen-bond donors (Lipinski definition) is 1. The molecule has 0 aromatic heterocycles. The van der Waals surface area contributed by atoms with E-state index >= 15 is 0 Å². The molecule has 0 saturated carbocycles. The Balaban J connectivity index is 2.97. The van der Waals surface area contributed by atoms with Gasteiger partial charge in [0.05, 0.1) is 11.5 Å². The first-order chi connectivity index (χ1) is 5.25. The minimum atomic E-state index is -0.600. The maximum Gasteiger partial charge on any atom is 0.229 e. The molecule has 0 radical (unpaired) electrons. The SMILES string of the molecule is NC(=O)C1C=CC=CC1=C=O. The number of nitrogens with two attached hydrogens (primary N) is 1. The number of carbonyl (C=O) groups excluding carboxylic acids is 2. The smallest absolute Gasteiger partial charge is 0.229 e. The summed E-state index contributed by atoms with van der Waals surface area (Å²) in [5.41, 5.74) is 5.30. The zero-order chi connectivity index (χ0) is 8.27. The lowest BCUT2D eigenvalue weighted by atomic mass is 9.95. The molecule has 1 aliphatic carbocycles. The highest BCUT2D eigenvalue weighted by Crippen LogP contribution is 2.14. The number of allylic oxidation sites excluding steroid dienone is 3. The Morgan fingerprint density at radius 3 is 2.73 bits per heavy atom. The van der Waals surface area contributed by atoms with Gasteiger partial charge in [0, 0.05) is 0 Å². The second-order valence-electron chi connectivity index (χ2n) is 2.18. The summed E-state index contributed by atoms with van der Waals surface area (Å²) in [6, 6.07) is 0. The number of rotatable bonds is 1. The number of primary amides is 1. The van der Waals surface area contributed by atoms with Gasteiger partial charge in [0.15, 0.2) is 0 Å². The van der Waals surface area contributed by atoms with Gasteiger partial charge in [-0.05, 0) is 6.08 Å². The molecule has 3 heteroatoms. The zero-order valence-electron chi connectivity index (χ0n) is 5.78. The maximum atomic E-state index is 10.7. The first-order valence-electron chi connectivity index (χ1n) is 3.15. The van der Waals surface area contributed by atoms with Crippen molar-refractivity contribution >= 4 is 11.8 Å². The Morgan fingerprint density at radius 1 is 1.55 bits per heavy atom. The zero-order valence-corrected chi connectivity index (χ0v) is 5.78. The van der Waals surface area contributed by atoms with Gasteiger partial charge in [-0.2, -0.15) is 0 Å². The van der Waals surface area contributed by atoms with Crippen LogP contribution in [0.2, 0.25) is 0 Å². The molecule has 1 rings (SSSR count). The highest BCUT2D eigenvalue weighted by Gasteiger charge is 2.17. The van der Waals surface area contributed by atoms with Crippen LogP contribution in [0.1, 0.15) is 0 Å². The lowest BCUT2D eigenvalue weighted by Crippen LogP contribution is -2.23. The van der Waals surface area contributed by atoms with Crippen molar-refractivity contribution in [1.82, 2.24) is 0 Å². The van der Waals surface area contributed by atoms with Gasteiger partial charge in [0.2, 0.25) is 5.91 Å². The Bertz CT molecular complexity index is 282. The van der Waals surface area contributed by atoms with Crippen molar-refractivity contribution in [3.63, 3.8) is 0 Å². The number of amides is 1. The van der Waals surface area contributed by atoms with Crippen molar-refractivity contribution in [3.8, 4) is 0 Å². The quantitative estimate of drug-likeness (QED) is 0.532. The van der Waals surface area contributed by atoms with Gasteiger partial charge < -0.3 is 5.73 Å². The van der Waals surface area contributed by atoms with E-state index in [-0.39, 0.29) is 0 Å². The molecule has 1 unspecified atom stereocenters. The highest BCUT2D eigenvalue weighted by molar-refractivity contribution is 5.86. The normalized spacial score (nSPS) is 21.5. The van der Waals surface area contributed by atoms with E-state index in [0.29, 0.717) is 5.57 Å². The van der Waals surface area contributed by atoms with Gasteiger partial charge >= 0.3 is 0 Å². The second-order valence-corrected chi connectivity index (χ2v) is 2.18. The van der Waals surface area contributed by atoms with Crippen LogP contribution in [0, 0.1) is 5.92 Å². The predicted octanol–water partition coefficient (Wildman–Crippen LogP) is -0.0281. The summed E-state index contributed by atoms with van der Waals surface area (Å²) >= 11 is 0. The summed E-state index contributed by atoms with van der Waals surface area (Å²) in [6.45, 7) is 0. The Morgan fingerprint density at radius 2 is 2.27 bits per heavy atom. The minimum absolute atomic E-state index is 0.292. The molecule has 0 aliphatic heterocycles. The Kier molecular flexibility index (Phi) is 2.04. The third-order valence-electron chi connectivity index (χ3n) is 1.45. The molecule has 0 saturated heterocycles. The standard InChI is InChI=1S/C8H7NO2/c9-8(11)7-4-2-1-3-6(7)5-10/h1-4,7H,(H2,9,11). The van der Waals surface area contributed by atoms with E-state index < -0.39 is 11.8 Å². The average Bonchev–Trinajstić information content (AvgIpc) is 2.04. The van der Waals surface area contributed by atoms with Crippen LogP contribution in [0.4, 0.5) is 0 Å². The molecule has 0 fully saturated rings. The van der Waals surface area contributed by atoms with Crippen molar-refractivity contribution in [2.75, 3.05) is 0 Å². The molecule has 0 aromatic carbocycles. The maximum absolute atomic E-state index is 10.7. The van der Waals surface area contributed by atoms with E-state index in [2.05, 4.69) is 0 Å². The van der Waals surface area contributed by atoms with Gasteiger partial charge in [-0.15, -0.1) is 0 Å². The summed E-state index contributed by atoms with van der Waals surface area (Å²) in [5.74, 6) is 0.539. The van der Waals surface area contributed by atoms with Crippen LogP contribution >= 0.6 is 0 Å². The number of carbonyl (C=O) groups is 1. The van der Waals surface area contributed by atoms with Crippen LogP contribution in [0.3, 0.4) is 0 Å². The lowest BCUT2D eigenvalue weighted by Gasteiger charge is -2.08. The molecule has 3 nitrogen and oxygen atoms in total. The fourth-order valence-corrected chi connectivity index (χ4v) is 0.887. The summed E-state index contributed by atoms with van der Waals surface area (Å²) in [4.78, 5) is 20.9. The fraction of sp³-hybridized carbons (Fsp3) is 0.125. The average molecular weight is 149 g/mol. The molecule has 11 heavy (non-hydrogen) atoms. The molecule has 0 aromatic rings. The highest BCUT2D eigenvalue weighted by atomic mass is 16.1. The third kappa shape index (κ3) is 1.45. The van der Waals surface area contributed by atoms with Crippen molar-refractivity contribution in [3.05, 3.63) is 29.9 Å². The Labute approximate surface area is 63.9 Å². The predicted molar refractivity (Wildman–Crippen MR) is 40.2 cm³/mol. The van der Waals surface area contributed by atoms with Crippen LogP contribution in [-0.4, -0.2) is 11.8 Å². The second kappa shape index (κ2) is 2.99. The van der Waals surface area contributed by atoms with Gasteiger partial charge in [-0.1, -0.05) is 18.2 Å². The van der Waals surface area contributed by atoms with Crippen LogP contribution < -0.4 is 5.73 Å². The topological polar surface area (TPSA) is 60.2 Å². The summed E-state index contributed by atoms with van der Waals surface area (Å²) < 4.78 is 0. The van der Waals surface area contributed by atoms with E-state index in [4.69, 9.17) is 5.73 Å². The lowest BCUT2D eigenvalue weighted by molar-refractivity contribution is -0.119. The van der Waals surface area contributed by atoms with Gasteiger partial charge in [-0.25, -0.2) is 4.79 Å². The van der Waals surface area contributed by atoms with Crippen LogP contribution in [0.5, 0.6) is 0 Å². The van der Waals surface area contributed by atoms with Gasteiger partial charge in [0.1, 0.15) is 5.94 Å². The van der Waals surface area contributed by atoms with E-state index in [1.807, 2.05) is 0 Å². The van der Waals surface area contributed by atoms with Gasteiger partial charge in [0.25, 0.3) is 0 Å². The molecule has 0 heterocycles. The molecule has 1 atom stereocenters. The molecule has 56 valence electrons. The molecular weight excluding hydrogens is 142 g/mol. The van der Waals surface area contributed by atoms with E-state index in [0.717, 1.165) is 0 Å². The van der Waals surface area contributed by atoms with Crippen LogP contribution in [0.15, 0.2) is 29.9 Å². The molecule has 1 amide bonds. The third-order valence-corrected chi connectivity index (χ3v) is 1.45. The van der Waals surface area contributed by atoms with E-state index in [9.17, 15) is 9.59 Å². The van der Waals surface area contributed by atoms with Crippen LogP contribution in [-0.2, 0) is 9.59 Å². The molecule has 1 aliphatic rings. The monoisotopic (exact) mass is 149 g/mol. The summed E-state index contributed by atoms with van der Waals surface area (Å²) in [5, 5.41) is 0. The first-order valence-corrected chi connectivity index (χ1v) is 3.15. The largest absolute Gasteiger partial charge is 0.369 e. The first kappa shape index (κ1) is 7.51. The van der Waals surface area contributed by atoms with Crippen molar-refractivity contribution in [2.45, 2.75) is 0 Å². The van der Waals surface area contributed by atoms with Gasteiger partial charge in [-0.3, -0.25) is 4.79 Å². The van der Waals surface area contributed by atoms with Crippen molar-refractivity contribution in [1.29, 1.82) is 0 Å². The summed E-state index contributed by atoms with van der Waals surface area (Å²) in [6.07, 6.45) is 6.45. The van der Waals surface area contributed by atoms with E-state index in [1.165, 1.54) is 6.08 Å². The minimum Gasteiger partial charge on any atom is -0.369 e. The summed E-state index contributed by atoms with van der Waals surface area (Å²) in [7, 11) is 0. The van der Waals surface area contributed by atoms with Crippen molar-refractivity contribution in [2.24, 2.45) is 11.7 Å². The van der Waals surface area contributed by atoms with Crippen LogP contribution in [0.25, 0.3) is 0 Å². The molecule has 0 spiro atoms. The molecule has 2 N–H and O–H groups in total. The van der Waals surface area contributed by atoms with E-state index in [1.54, 1.807) is 24.2 Å². The van der Waals surface area contributed by atoms with Crippen molar-refractivity contribution < 1.29 is 9.59 Å². The molecular formula is C8H7NO2. The number of hydrogen-bond acceptors (Lipinski definition) is 2. The fourth-order valence-electron chi connectivity index (χ4n) is 0.887. The molecule has 0 bridgehead atoms. The Hall–Kier alpha value is -1.60.